The summed E-state index contributed by atoms with van der Waals surface area (Å²) >= 11 is 1.42. The summed E-state index contributed by atoms with van der Waals surface area (Å²) < 4.78 is 18.4. The van der Waals surface area contributed by atoms with Gasteiger partial charge in [-0.05, 0) is 31.0 Å². The summed E-state index contributed by atoms with van der Waals surface area (Å²) in [5, 5.41) is 8.95. The Balaban J connectivity index is 1.77. The Morgan fingerprint density at radius 2 is 2.11 bits per heavy atom. The van der Waals surface area contributed by atoms with Gasteiger partial charge < -0.3 is 15.4 Å². The van der Waals surface area contributed by atoms with Crippen molar-refractivity contribution in [3.63, 3.8) is 0 Å². The number of carbonyl (C=O) groups is 3. The predicted octanol–water partition coefficient (Wildman–Crippen LogP) is 1.58. The minimum absolute atomic E-state index is 0.0463. The molecule has 146 valence electrons. The van der Waals surface area contributed by atoms with Crippen molar-refractivity contribution >= 4 is 29.4 Å². The number of hydrogen-bond acceptors (Lipinski definition) is 7. The maximum atomic E-state index is 13.3. The van der Waals surface area contributed by atoms with E-state index in [1.165, 1.54) is 35.7 Å². The number of ketones is 1. The van der Waals surface area contributed by atoms with E-state index in [1.807, 2.05) is 0 Å². The Morgan fingerprint density at radius 3 is 2.71 bits per heavy atom. The molecule has 1 aromatic carbocycles. The second-order valence-corrected chi connectivity index (χ2v) is 7.88. The fourth-order valence-corrected chi connectivity index (χ4v) is 5.14. The molecule has 0 saturated carbocycles. The van der Waals surface area contributed by atoms with Crippen molar-refractivity contribution in [2.24, 2.45) is 5.73 Å². The molecule has 0 spiro atoms. The molecule has 2 atom stereocenters. The van der Waals surface area contributed by atoms with Crippen molar-refractivity contribution in [3.05, 3.63) is 46.9 Å². The lowest BCUT2D eigenvalue weighted by Crippen LogP contribution is -2.47. The fraction of sp³-hybridized carbons (Fsp3) is 0.368. The van der Waals surface area contributed by atoms with E-state index in [9.17, 15) is 18.8 Å². The van der Waals surface area contributed by atoms with Gasteiger partial charge in [-0.25, -0.2) is 9.18 Å². The topological polar surface area (TPSA) is 113 Å². The standard InChI is InChI=1S/C19H18FN3O4S/c1-11(22)14(8-21)16(24)9-27-18(26)15-10-28-19(7-6-17(25)23(15)19)12-2-4-13(20)5-3-12/h2-5,15H,6-7,9-10,22H2,1H3/b14-11-. The maximum Gasteiger partial charge on any atom is 0.330 e. The zero-order chi connectivity index (χ0) is 20.5. The number of benzene rings is 1. The molecule has 2 aliphatic rings. The number of amides is 1. The highest BCUT2D eigenvalue weighted by Crippen LogP contribution is 2.54. The zero-order valence-electron chi connectivity index (χ0n) is 15.1. The monoisotopic (exact) mass is 403 g/mol. The predicted molar refractivity (Wildman–Crippen MR) is 98.9 cm³/mol. The number of carbonyl (C=O) groups excluding carboxylic acids is 3. The summed E-state index contributed by atoms with van der Waals surface area (Å²) in [6.07, 6.45) is 0.763. The summed E-state index contributed by atoms with van der Waals surface area (Å²) in [6.45, 7) is 0.787. The van der Waals surface area contributed by atoms with Gasteiger partial charge >= 0.3 is 5.97 Å². The molecule has 2 N–H and O–H groups in total. The first-order valence-corrected chi connectivity index (χ1v) is 9.57. The number of hydrogen-bond donors (Lipinski definition) is 1. The summed E-state index contributed by atoms with van der Waals surface area (Å²) in [6, 6.07) is 6.69. The van der Waals surface area contributed by atoms with Crippen LogP contribution in [0.4, 0.5) is 4.39 Å². The number of allylic oxidation sites excluding steroid dienone is 1. The van der Waals surface area contributed by atoms with Crippen LogP contribution in [0.5, 0.6) is 0 Å². The third-order valence-electron chi connectivity index (χ3n) is 4.83. The van der Waals surface area contributed by atoms with Gasteiger partial charge in [0.1, 0.15) is 28.4 Å². The maximum absolute atomic E-state index is 13.3. The van der Waals surface area contributed by atoms with Gasteiger partial charge in [-0.1, -0.05) is 12.1 Å². The molecule has 0 aliphatic carbocycles. The molecular weight excluding hydrogens is 385 g/mol. The second-order valence-electron chi connectivity index (χ2n) is 6.58. The third-order valence-corrected chi connectivity index (χ3v) is 6.42. The number of halogens is 1. The number of nitrogens with zero attached hydrogens (tertiary/aromatic N) is 2. The van der Waals surface area contributed by atoms with Gasteiger partial charge in [-0.15, -0.1) is 11.8 Å². The van der Waals surface area contributed by atoms with Crippen molar-refractivity contribution in [3.8, 4) is 6.07 Å². The summed E-state index contributed by atoms with van der Waals surface area (Å²) in [4.78, 5) is 37.8. The molecule has 0 bridgehead atoms. The number of nitrogens with two attached hydrogens (primary N) is 1. The number of ether oxygens (including phenoxy) is 1. The third kappa shape index (κ3) is 3.36. The van der Waals surface area contributed by atoms with Gasteiger partial charge in [0.25, 0.3) is 0 Å². The van der Waals surface area contributed by atoms with Crippen molar-refractivity contribution in [1.29, 1.82) is 5.26 Å². The van der Waals surface area contributed by atoms with Crippen LogP contribution >= 0.6 is 11.8 Å². The Labute approximate surface area is 165 Å². The molecule has 7 nitrogen and oxygen atoms in total. The normalized spacial score (nSPS) is 24.4. The van der Waals surface area contributed by atoms with E-state index < -0.39 is 29.3 Å². The molecule has 0 aromatic heterocycles. The fourth-order valence-electron chi connectivity index (χ4n) is 3.50. The minimum Gasteiger partial charge on any atom is -0.456 e. The molecule has 2 fully saturated rings. The van der Waals surface area contributed by atoms with Crippen molar-refractivity contribution in [2.75, 3.05) is 12.4 Å². The van der Waals surface area contributed by atoms with Gasteiger partial charge in [0.2, 0.25) is 11.7 Å². The molecular formula is C19H18FN3O4S. The van der Waals surface area contributed by atoms with Gasteiger partial charge in [0.15, 0.2) is 6.61 Å². The Morgan fingerprint density at radius 1 is 1.43 bits per heavy atom. The molecule has 2 saturated heterocycles. The Kier molecular flexibility index (Phi) is 5.42. The van der Waals surface area contributed by atoms with Crippen molar-refractivity contribution in [2.45, 2.75) is 30.7 Å². The highest BCUT2D eigenvalue weighted by atomic mass is 32.2. The molecule has 2 heterocycles. The molecule has 28 heavy (non-hydrogen) atoms. The molecule has 1 aromatic rings. The largest absolute Gasteiger partial charge is 0.456 e. The van der Waals surface area contributed by atoms with Crippen LogP contribution < -0.4 is 5.73 Å². The summed E-state index contributed by atoms with van der Waals surface area (Å²) in [5.41, 5.74) is 6.00. The van der Waals surface area contributed by atoms with Crippen molar-refractivity contribution < 1.29 is 23.5 Å². The highest BCUT2D eigenvalue weighted by molar-refractivity contribution is 8.00. The minimum atomic E-state index is -0.855. The van der Waals surface area contributed by atoms with Gasteiger partial charge in [0.05, 0.1) is 0 Å². The van der Waals surface area contributed by atoms with E-state index >= 15 is 0 Å². The van der Waals surface area contributed by atoms with Crippen molar-refractivity contribution in [1.82, 2.24) is 4.90 Å². The van der Waals surface area contributed by atoms with Gasteiger partial charge in [-0.2, -0.15) is 5.26 Å². The zero-order valence-corrected chi connectivity index (χ0v) is 15.9. The number of nitriles is 1. The molecule has 0 radical (unpaired) electrons. The van der Waals surface area contributed by atoms with Crippen LogP contribution in [-0.4, -0.2) is 41.0 Å². The number of rotatable bonds is 5. The first kappa shape index (κ1) is 19.9. The SMILES string of the molecule is C/C(N)=C(\C#N)C(=O)COC(=O)C1CSC2(c3ccc(F)cc3)CCC(=O)N12. The first-order chi connectivity index (χ1) is 13.3. The van der Waals surface area contributed by atoms with Crippen LogP contribution in [0.1, 0.15) is 25.3 Å². The Bertz CT molecular complexity index is 905. The molecule has 2 aliphatic heterocycles. The average molecular weight is 403 g/mol. The molecule has 3 rings (SSSR count). The van der Waals surface area contributed by atoms with E-state index in [4.69, 9.17) is 15.7 Å². The lowest BCUT2D eigenvalue weighted by molar-refractivity contribution is -0.155. The second kappa shape index (κ2) is 7.64. The van der Waals surface area contributed by atoms with Crippen LogP contribution in [-0.2, 0) is 24.0 Å². The number of Topliss-reactive ketones (excluding diaryl/α,β-unsaturated/α-hetero) is 1. The lowest BCUT2D eigenvalue weighted by Gasteiger charge is -2.33. The Hall–Kier alpha value is -2.86. The molecule has 2 unspecified atom stereocenters. The average Bonchev–Trinajstić information content (AvgIpc) is 3.20. The van der Waals surface area contributed by atoms with E-state index in [-0.39, 0.29) is 29.4 Å². The molecule has 9 heteroatoms. The summed E-state index contributed by atoms with van der Waals surface area (Å²) in [5.74, 6) is -1.69. The van der Waals surface area contributed by atoms with Crippen LogP contribution in [0.3, 0.4) is 0 Å². The number of fused-ring (bicyclic) bond motifs is 1. The smallest absolute Gasteiger partial charge is 0.330 e. The van der Waals surface area contributed by atoms with Gasteiger partial charge in [0, 0.05) is 17.9 Å². The number of thioether (sulfide) groups is 1. The van der Waals surface area contributed by atoms with E-state index in [0.29, 0.717) is 12.2 Å². The van der Waals surface area contributed by atoms with Gasteiger partial charge in [-0.3, -0.25) is 9.59 Å². The quantitative estimate of drug-likeness (QED) is 0.451. The lowest BCUT2D eigenvalue weighted by atomic mass is 10.0. The highest BCUT2D eigenvalue weighted by Gasteiger charge is 2.57. The van der Waals surface area contributed by atoms with E-state index in [2.05, 4.69) is 0 Å². The summed E-state index contributed by atoms with van der Waals surface area (Å²) in [7, 11) is 0. The number of esters is 1. The van der Waals surface area contributed by atoms with E-state index in [0.717, 1.165) is 5.56 Å². The van der Waals surface area contributed by atoms with Crippen LogP contribution in [0.2, 0.25) is 0 Å². The van der Waals surface area contributed by atoms with Crippen LogP contribution in [0.25, 0.3) is 0 Å². The van der Waals surface area contributed by atoms with Crippen LogP contribution in [0, 0.1) is 17.1 Å². The first-order valence-electron chi connectivity index (χ1n) is 8.58. The van der Waals surface area contributed by atoms with Crippen LogP contribution in [0.15, 0.2) is 35.5 Å². The molecule has 1 amide bonds. The van der Waals surface area contributed by atoms with E-state index in [1.54, 1.807) is 18.2 Å².